The van der Waals surface area contributed by atoms with Gasteiger partial charge < -0.3 is 16.0 Å². The quantitative estimate of drug-likeness (QED) is 0.339. The molecular formula is C23H21ClN6. The smallest absolute Gasteiger partial charge is 0.233 e. The van der Waals surface area contributed by atoms with Gasteiger partial charge in [0, 0.05) is 22.1 Å². The number of hydrogen-bond acceptors (Lipinski definition) is 6. The molecule has 0 fully saturated rings. The van der Waals surface area contributed by atoms with Crippen LogP contribution in [0, 0.1) is 13.8 Å². The Morgan fingerprint density at radius 3 is 1.67 bits per heavy atom. The van der Waals surface area contributed by atoms with E-state index in [4.69, 9.17) is 11.6 Å². The molecule has 0 unspecified atom stereocenters. The Kier molecular flexibility index (Phi) is 5.77. The predicted molar refractivity (Wildman–Crippen MR) is 123 cm³/mol. The monoisotopic (exact) mass is 416 g/mol. The summed E-state index contributed by atoms with van der Waals surface area (Å²) in [6, 6.07) is 23.4. The Hall–Kier alpha value is -3.64. The number of benzene rings is 3. The summed E-state index contributed by atoms with van der Waals surface area (Å²) >= 11 is 5.98. The summed E-state index contributed by atoms with van der Waals surface area (Å²) in [5.41, 5.74) is 4.93. The summed E-state index contributed by atoms with van der Waals surface area (Å²) in [5.74, 6) is 1.28. The van der Waals surface area contributed by atoms with Crippen molar-refractivity contribution < 1.29 is 0 Å². The Morgan fingerprint density at radius 2 is 1.10 bits per heavy atom. The SMILES string of the molecule is Cc1ccc(Nc2nc(Nc3ccc(Cl)cc3)nc(Nc3ccccc3C)n2)cc1. The lowest BCUT2D eigenvalue weighted by molar-refractivity contribution is 1.06. The van der Waals surface area contributed by atoms with Gasteiger partial charge >= 0.3 is 0 Å². The minimum absolute atomic E-state index is 0.415. The highest BCUT2D eigenvalue weighted by Gasteiger charge is 2.09. The van der Waals surface area contributed by atoms with Crippen molar-refractivity contribution in [2.75, 3.05) is 16.0 Å². The molecule has 150 valence electrons. The van der Waals surface area contributed by atoms with E-state index in [1.54, 1.807) is 0 Å². The number of halogens is 1. The molecule has 30 heavy (non-hydrogen) atoms. The van der Waals surface area contributed by atoms with Gasteiger partial charge in [-0.25, -0.2) is 0 Å². The summed E-state index contributed by atoms with van der Waals surface area (Å²) in [4.78, 5) is 13.6. The zero-order valence-electron chi connectivity index (χ0n) is 16.6. The first-order valence-corrected chi connectivity index (χ1v) is 9.88. The second-order valence-electron chi connectivity index (χ2n) is 6.87. The largest absolute Gasteiger partial charge is 0.324 e. The maximum Gasteiger partial charge on any atom is 0.233 e. The van der Waals surface area contributed by atoms with Crippen molar-refractivity contribution in [1.82, 2.24) is 15.0 Å². The van der Waals surface area contributed by atoms with Crippen LogP contribution in [0.15, 0.2) is 72.8 Å². The fraction of sp³-hybridized carbons (Fsp3) is 0.0870. The Balaban J connectivity index is 1.66. The van der Waals surface area contributed by atoms with Crippen LogP contribution in [0.4, 0.5) is 34.9 Å². The zero-order valence-corrected chi connectivity index (χ0v) is 17.4. The number of para-hydroxylation sites is 1. The summed E-state index contributed by atoms with van der Waals surface area (Å²) in [6.45, 7) is 4.08. The van der Waals surface area contributed by atoms with E-state index in [0.29, 0.717) is 22.9 Å². The topological polar surface area (TPSA) is 74.8 Å². The second kappa shape index (κ2) is 8.80. The normalized spacial score (nSPS) is 10.5. The first-order chi connectivity index (χ1) is 14.5. The Bertz CT molecular complexity index is 1080. The number of nitrogens with one attached hydrogen (secondary N) is 3. The fourth-order valence-electron chi connectivity index (χ4n) is 2.81. The van der Waals surface area contributed by atoms with Crippen LogP contribution in [-0.4, -0.2) is 15.0 Å². The van der Waals surface area contributed by atoms with Crippen molar-refractivity contribution in [3.63, 3.8) is 0 Å². The minimum atomic E-state index is 0.415. The van der Waals surface area contributed by atoms with Gasteiger partial charge in [-0.15, -0.1) is 0 Å². The first-order valence-electron chi connectivity index (χ1n) is 9.50. The van der Waals surface area contributed by atoms with Gasteiger partial charge in [0.1, 0.15) is 0 Å². The van der Waals surface area contributed by atoms with E-state index in [0.717, 1.165) is 22.6 Å². The Morgan fingerprint density at radius 1 is 0.600 bits per heavy atom. The van der Waals surface area contributed by atoms with Gasteiger partial charge in [-0.2, -0.15) is 15.0 Å². The predicted octanol–water partition coefficient (Wildman–Crippen LogP) is 6.37. The lowest BCUT2D eigenvalue weighted by Gasteiger charge is -2.12. The van der Waals surface area contributed by atoms with E-state index < -0.39 is 0 Å². The summed E-state index contributed by atoms with van der Waals surface area (Å²) < 4.78 is 0. The van der Waals surface area contributed by atoms with Crippen LogP contribution in [0.25, 0.3) is 0 Å². The van der Waals surface area contributed by atoms with E-state index in [2.05, 4.69) is 30.9 Å². The molecule has 6 nitrogen and oxygen atoms in total. The van der Waals surface area contributed by atoms with Gasteiger partial charge in [0.2, 0.25) is 17.8 Å². The van der Waals surface area contributed by atoms with Crippen LogP contribution in [0.3, 0.4) is 0 Å². The molecule has 0 radical (unpaired) electrons. The van der Waals surface area contributed by atoms with Crippen LogP contribution in [0.1, 0.15) is 11.1 Å². The van der Waals surface area contributed by atoms with E-state index in [1.165, 1.54) is 5.56 Å². The lowest BCUT2D eigenvalue weighted by Crippen LogP contribution is -2.07. The standard InChI is InChI=1S/C23H21ClN6/c1-15-7-11-18(12-8-15)25-21-28-22(26-19-13-9-17(24)10-14-19)30-23(29-21)27-20-6-4-3-5-16(20)2/h3-14H,1-2H3,(H3,25,26,27,28,29,30). The molecular weight excluding hydrogens is 396 g/mol. The number of anilines is 6. The van der Waals surface area contributed by atoms with Gasteiger partial charge in [0.15, 0.2) is 0 Å². The van der Waals surface area contributed by atoms with E-state index in [9.17, 15) is 0 Å². The van der Waals surface area contributed by atoms with Crippen molar-refractivity contribution in [1.29, 1.82) is 0 Å². The van der Waals surface area contributed by atoms with Crippen molar-refractivity contribution in [3.8, 4) is 0 Å². The molecule has 7 heteroatoms. The van der Waals surface area contributed by atoms with Crippen molar-refractivity contribution in [2.45, 2.75) is 13.8 Å². The number of hydrogen-bond donors (Lipinski definition) is 3. The van der Waals surface area contributed by atoms with Crippen LogP contribution in [0.2, 0.25) is 5.02 Å². The molecule has 0 aliphatic rings. The molecule has 0 atom stereocenters. The molecule has 1 aromatic heterocycles. The van der Waals surface area contributed by atoms with Crippen LogP contribution >= 0.6 is 11.6 Å². The number of rotatable bonds is 6. The third-order valence-electron chi connectivity index (χ3n) is 4.44. The molecule has 0 spiro atoms. The molecule has 1 heterocycles. The van der Waals surface area contributed by atoms with Gasteiger partial charge in [-0.05, 0) is 61.9 Å². The molecule has 0 aliphatic carbocycles. The minimum Gasteiger partial charge on any atom is -0.324 e. The van der Waals surface area contributed by atoms with Crippen molar-refractivity contribution >= 4 is 46.5 Å². The molecule has 0 bridgehead atoms. The van der Waals surface area contributed by atoms with E-state index >= 15 is 0 Å². The molecule has 0 saturated heterocycles. The van der Waals surface area contributed by atoms with Crippen LogP contribution in [0.5, 0.6) is 0 Å². The summed E-state index contributed by atoms with van der Waals surface area (Å²) in [6.07, 6.45) is 0. The van der Waals surface area contributed by atoms with Crippen molar-refractivity contribution in [3.05, 3.63) is 88.9 Å². The summed E-state index contributed by atoms with van der Waals surface area (Å²) in [5, 5.41) is 10.4. The molecule has 4 rings (SSSR count). The van der Waals surface area contributed by atoms with Gasteiger partial charge in [0.05, 0.1) is 0 Å². The fourth-order valence-corrected chi connectivity index (χ4v) is 2.93. The average Bonchev–Trinajstić information content (AvgIpc) is 2.73. The highest BCUT2D eigenvalue weighted by atomic mass is 35.5. The van der Waals surface area contributed by atoms with Crippen LogP contribution < -0.4 is 16.0 Å². The van der Waals surface area contributed by atoms with Gasteiger partial charge in [-0.3, -0.25) is 0 Å². The molecule has 0 amide bonds. The van der Waals surface area contributed by atoms with Gasteiger partial charge in [0.25, 0.3) is 0 Å². The Labute approximate surface area is 180 Å². The lowest BCUT2D eigenvalue weighted by atomic mass is 10.2. The zero-order chi connectivity index (χ0) is 20.9. The maximum absolute atomic E-state index is 5.98. The third-order valence-corrected chi connectivity index (χ3v) is 4.69. The molecule has 3 N–H and O–H groups in total. The highest BCUT2D eigenvalue weighted by Crippen LogP contribution is 2.23. The maximum atomic E-state index is 5.98. The number of aryl methyl sites for hydroxylation is 2. The van der Waals surface area contributed by atoms with Crippen LogP contribution in [-0.2, 0) is 0 Å². The van der Waals surface area contributed by atoms with E-state index in [1.807, 2.05) is 86.6 Å². The van der Waals surface area contributed by atoms with Crippen molar-refractivity contribution in [2.24, 2.45) is 0 Å². The second-order valence-corrected chi connectivity index (χ2v) is 7.31. The van der Waals surface area contributed by atoms with Gasteiger partial charge in [-0.1, -0.05) is 47.5 Å². The number of nitrogens with zero attached hydrogens (tertiary/aromatic N) is 3. The number of aromatic nitrogens is 3. The molecule has 4 aromatic rings. The summed E-state index contributed by atoms with van der Waals surface area (Å²) in [7, 11) is 0. The molecule has 3 aromatic carbocycles. The molecule has 0 aliphatic heterocycles. The average molecular weight is 417 g/mol. The van der Waals surface area contributed by atoms with E-state index in [-0.39, 0.29) is 0 Å². The molecule has 0 saturated carbocycles. The first kappa shape index (κ1) is 19.7. The third kappa shape index (κ3) is 5.04. The highest BCUT2D eigenvalue weighted by molar-refractivity contribution is 6.30.